The van der Waals surface area contributed by atoms with Crippen molar-refractivity contribution < 1.29 is 4.79 Å². The van der Waals surface area contributed by atoms with Gasteiger partial charge >= 0.3 is 6.03 Å². The van der Waals surface area contributed by atoms with Crippen molar-refractivity contribution in [3.8, 4) is 11.3 Å². The number of nitrogens with zero attached hydrogens (tertiary/aromatic N) is 3. The highest BCUT2D eigenvalue weighted by atomic mass is 16.2. The van der Waals surface area contributed by atoms with Crippen LogP contribution in [0.15, 0.2) is 24.3 Å². The summed E-state index contributed by atoms with van der Waals surface area (Å²) in [5, 5.41) is 6.08. The van der Waals surface area contributed by atoms with Crippen molar-refractivity contribution >= 4 is 17.8 Å². The first kappa shape index (κ1) is 17.0. The Hall–Kier alpha value is -2.83. The lowest BCUT2D eigenvalue weighted by Gasteiger charge is -2.14. The van der Waals surface area contributed by atoms with Gasteiger partial charge in [-0.3, -0.25) is 0 Å². The van der Waals surface area contributed by atoms with Crippen LogP contribution in [-0.2, 0) is 0 Å². The molecule has 1 saturated heterocycles. The van der Waals surface area contributed by atoms with Crippen LogP contribution < -0.4 is 16.4 Å². The predicted molar refractivity (Wildman–Crippen MR) is 99.4 cm³/mol. The monoisotopic (exact) mass is 340 g/mol. The smallest absolute Gasteiger partial charge is 0.317 e. The minimum absolute atomic E-state index is 0.0171. The molecule has 1 aliphatic heterocycles. The van der Waals surface area contributed by atoms with E-state index in [1.54, 1.807) is 0 Å². The molecule has 0 bridgehead atoms. The number of carbonyl (C=O) groups excluding carboxylic acids is 1. The van der Waals surface area contributed by atoms with E-state index in [1.807, 2.05) is 23.1 Å². The van der Waals surface area contributed by atoms with Crippen molar-refractivity contribution in [2.75, 3.05) is 37.2 Å². The van der Waals surface area contributed by atoms with Crippen LogP contribution in [0.4, 0.5) is 16.6 Å². The number of aromatic nitrogens is 2. The van der Waals surface area contributed by atoms with E-state index in [2.05, 4.69) is 40.5 Å². The van der Waals surface area contributed by atoms with E-state index >= 15 is 0 Å². The Balaban J connectivity index is 1.65. The molecule has 1 fully saturated rings. The molecule has 7 heteroatoms. The SMILES string of the molecule is Cc1cccc(-c2cc(NCCCN3CCNC3=O)nc(N)n2)c1C. The van der Waals surface area contributed by atoms with Gasteiger partial charge in [-0.15, -0.1) is 0 Å². The van der Waals surface area contributed by atoms with Crippen LogP contribution in [0.25, 0.3) is 11.3 Å². The minimum atomic E-state index is 0.0171. The molecule has 0 saturated carbocycles. The molecule has 25 heavy (non-hydrogen) atoms. The molecule has 2 amide bonds. The van der Waals surface area contributed by atoms with Gasteiger partial charge < -0.3 is 21.3 Å². The summed E-state index contributed by atoms with van der Waals surface area (Å²) >= 11 is 0. The number of aryl methyl sites for hydroxylation is 1. The Morgan fingerprint density at radius 1 is 1.32 bits per heavy atom. The van der Waals surface area contributed by atoms with Crippen LogP contribution in [0.1, 0.15) is 17.5 Å². The van der Waals surface area contributed by atoms with Gasteiger partial charge in [-0.2, -0.15) is 4.98 Å². The third-order valence-electron chi connectivity index (χ3n) is 4.48. The molecule has 7 nitrogen and oxygen atoms in total. The number of amides is 2. The standard InChI is InChI=1S/C18H24N6O/c1-12-5-3-6-14(13(12)2)15-11-16(23-17(19)22-15)20-7-4-9-24-10-8-21-18(24)25/h3,5-6,11H,4,7-10H2,1-2H3,(H,21,25)(H3,19,20,22,23). The molecule has 1 aliphatic rings. The van der Waals surface area contributed by atoms with Crippen molar-refractivity contribution in [1.29, 1.82) is 0 Å². The van der Waals surface area contributed by atoms with E-state index in [4.69, 9.17) is 5.73 Å². The average molecular weight is 340 g/mol. The first-order chi connectivity index (χ1) is 12.0. The zero-order valence-corrected chi connectivity index (χ0v) is 14.7. The highest BCUT2D eigenvalue weighted by Crippen LogP contribution is 2.25. The second kappa shape index (κ2) is 7.38. The van der Waals surface area contributed by atoms with E-state index in [1.165, 1.54) is 11.1 Å². The van der Waals surface area contributed by atoms with E-state index in [9.17, 15) is 4.79 Å². The highest BCUT2D eigenvalue weighted by molar-refractivity contribution is 5.76. The molecule has 4 N–H and O–H groups in total. The van der Waals surface area contributed by atoms with Crippen molar-refractivity contribution in [2.45, 2.75) is 20.3 Å². The number of carbonyl (C=O) groups is 1. The zero-order valence-electron chi connectivity index (χ0n) is 14.7. The fourth-order valence-electron chi connectivity index (χ4n) is 2.93. The number of anilines is 2. The zero-order chi connectivity index (χ0) is 17.8. The molecular formula is C18H24N6O. The van der Waals surface area contributed by atoms with Crippen LogP contribution in [-0.4, -0.2) is 47.1 Å². The van der Waals surface area contributed by atoms with Gasteiger partial charge in [0.25, 0.3) is 0 Å². The summed E-state index contributed by atoms with van der Waals surface area (Å²) in [5.74, 6) is 0.953. The molecule has 0 radical (unpaired) electrons. The first-order valence-corrected chi connectivity index (χ1v) is 8.52. The summed E-state index contributed by atoms with van der Waals surface area (Å²) < 4.78 is 0. The number of hydrogen-bond donors (Lipinski definition) is 3. The third-order valence-corrected chi connectivity index (χ3v) is 4.48. The van der Waals surface area contributed by atoms with Gasteiger partial charge in [0.15, 0.2) is 0 Å². The molecule has 132 valence electrons. The molecule has 1 aromatic heterocycles. The maximum absolute atomic E-state index is 11.5. The second-order valence-electron chi connectivity index (χ2n) is 6.24. The van der Waals surface area contributed by atoms with Crippen LogP contribution >= 0.6 is 0 Å². The number of nitrogens with one attached hydrogen (secondary N) is 2. The lowest BCUT2D eigenvalue weighted by Crippen LogP contribution is -2.30. The van der Waals surface area contributed by atoms with Gasteiger partial charge in [-0.1, -0.05) is 18.2 Å². The van der Waals surface area contributed by atoms with Gasteiger partial charge in [0.05, 0.1) is 5.69 Å². The fraction of sp³-hybridized carbons (Fsp3) is 0.389. The van der Waals surface area contributed by atoms with Gasteiger partial charge in [-0.25, -0.2) is 9.78 Å². The van der Waals surface area contributed by atoms with E-state index in [0.29, 0.717) is 12.4 Å². The van der Waals surface area contributed by atoms with E-state index in [-0.39, 0.29) is 12.0 Å². The third kappa shape index (κ3) is 3.99. The Kier molecular flexibility index (Phi) is 5.02. The minimum Gasteiger partial charge on any atom is -0.370 e. The quantitative estimate of drug-likeness (QED) is 0.700. The molecule has 1 aromatic carbocycles. The normalized spacial score (nSPS) is 13.8. The Morgan fingerprint density at radius 3 is 2.92 bits per heavy atom. The molecule has 2 heterocycles. The summed E-state index contributed by atoms with van der Waals surface area (Å²) in [4.78, 5) is 21.9. The van der Waals surface area contributed by atoms with E-state index < -0.39 is 0 Å². The second-order valence-corrected chi connectivity index (χ2v) is 6.24. The van der Waals surface area contributed by atoms with Gasteiger partial charge in [-0.05, 0) is 31.4 Å². The molecule has 0 spiro atoms. The summed E-state index contributed by atoms with van der Waals surface area (Å²) in [5.41, 5.74) is 10.2. The lowest BCUT2D eigenvalue weighted by atomic mass is 10.0. The summed E-state index contributed by atoms with van der Waals surface area (Å²) in [6.07, 6.45) is 0.843. The predicted octanol–water partition coefficient (Wildman–Crippen LogP) is 2.17. The molecule has 0 unspecified atom stereocenters. The number of nitrogens with two attached hydrogens (primary N) is 1. The van der Waals surface area contributed by atoms with Crippen LogP contribution in [0, 0.1) is 13.8 Å². The maximum atomic E-state index is 11.5. The van der Waals surface area contributed by atoms with Gasteiger partial charge in [0.2, 0.25) is 5.95 Å². The topological polar surface area (TPSA) is 96.2 Å². The summed E-state index contributed by atoms with van der Waals surface area (Å²) in [7, 11) is 0. The maximum Gasteiger partial charge on any atom is 0.317 e. The van der Waals surface area contributed by atoms with Crippen LogP contribution in [0.2, 0.25) is 0 Å². The molecule has 0 aliphatic carbocycles. The Labute approximate surface area is 147 Å². The number of hydrogen-bond acceptors (Lipinski definition) is 5. The number of nitrogen functional groups attached to an aromatic ring is 1. The van der Waals surface area contributed by atoms with Crippen molar-refractivity contribution in [3.05, 3.63) is 35.4 Å². The number of rotatable bonds is 6. The van der Waals surface area contributed by atoms with Crippen molar-refractivity contribution in [3.63, 3.8) is 0 Å². The Morgan fingerprint density at radius 2 is 2.16 bits per heavy atom. The van der Waals surface area contributed by atoms with Gasteiger partial charge in [0.1, 0.15) is 5.82 Å². The number of benzene rings is 1. The lowest BCUT2D eigenvalue weighted by molar-refractivity contribution is 0.217. The highest BCUT2D eigenvalue weighted by Gasteiger charge is 2.18. The van der Waals surface area contributed by atoms with Crippen LogP contribution in [0.5, 0.6) is 0 Å². The van der Waals surface area contributed by atoms with Crippen LogP contribution in [0.3, 0.4) is 0 Å². The molecule has 0 atom stereocenters. The molecular weight excluding hydrogens is 316 g/mol. The summed E-state index contributed by atoms with van der Waals surface area (Å²) in [6, 6.07) is 8.07. The largest absolute Gasteiger partial charge is 0.370 e. The molecule has 2 aromatic rings. The Bertz CT molecular complexity index is 776. The fourth-order valence-corrected chi connectivity index (χ4v) is 2.93. The van der Waals surface area contributed by atoms with Gasteiger partial charge in [0, 0.05) is 37.8 Å². The van der Waals surface area contributed by atoms with Crippen molar-refractivity contribution in [1.82, 2.24) is 20.2 Å². The number of urea groups is 1. The van der Waals surface area contributed by atoms with Crippen molar-refractivity contribution in [2.24, 2.45) is 0 Å². The summed E-state index contributed by atoms with van der Waals surface area (Å²) in [6.45, 7) is 7.11. The van der Waals surface area contributed by atoms with E-state index in [0.717, 1.165) is 37.3 Å². The first-order valence-electron chi connectivity index (χ1n) is 8.52. The average Bonchev–Trinajstić information content (AvgIpc) is 2.99. The molecule has 3 rings (SSSR count).